The zero-order chi connectivity index (χ0) is 13.8. The summed E-state index contributed by atoms with van der Waals surface area (Å²) in [5, 5.41) is 16.1. The van der Waals surface area contributed by atoms with Crippen molar-refractivity contribution < 1.29 is 5.11 Å². The highest BCUT2D eigenvalue weighted by Crippen LogP contribution is 2.29. The average Bonchev–Trinajstić information content (AvgIpc) is 3.03. The highest BCUT2D eigenvalue weighted by atomic mass is 16.3. The van der Waals surface area contributed by atoms with E-state index >= 15 is 0 Å². The fourth-order valence-corrected chi connectivity index (χ4v) is 2.85. The van der Waals surface area contributed by atoms with Crippen LogP contribution < -0.4 is 0 Å². The van der Waals surface area contributed by atoms with E-state index in [1.165, 1.54) is 18.4 Å². The molecule has 0 aliphatic carbocycles. The van der Waals surface area contributed by atoms with E-state index in [9.17, 15) is 0 Å². The SMILES string of the molecule is OCc1ccc(CN2CCCC[C@H]2c2ncn[nH]2)cc1. The monoisotopic (exact) mass is 272 g/mol. The summed E-state index contributed by atoms with van der Waals surface area (Å²) >= 11 is 0. The highest BCUT2D eigenvalue weighted by Gasteiger charge is 2.25. The van der Waals surface area contributed by atoms with Crippen molar-refractivity contribution in [2.45, 2.75) is 38.5 Å². The molecule has 2 aromatic rings. The Bertz CT molecular complexity index is 523. The minimum absolute atomic E-state index is 0.102. The third-order valence-electron chi connectivity index (χ3n) is 3.95. The Labute approximate surface area is 118 Å². The van der Waals surface area contributed by atoms with E-state index in [0.29, 0.717) is 6.04 Å². The van der Waals surface area contributed by atoms with Gasteiger partial charge >= 0.3 is 0 Å². The molecule has 1 atom stereocenters. The topological polar surface area (TPSA) is 65.0 Å². The fourth-order valence-electron chi connectivity index (χ4n) is 2.85. The van der Waals surface area contributed by atoms with Crippen LogP contribution in [0.2, 0.25) is 0 Å². The number of benzene rings is 1. The van der Waals surface area contributed by atoms with Crippen LogP contribution in [0.15, 0.2) is 30.6 Å². The van der Waals surface area contributed by atoms with Crippen molar-refractivity contribution in [2.24, 2.45) is 0 Å². The Morgan fingerprint density at radius 1 is 1.20 bits per heavy atom. The molecule has 0 unspecified atom stereocenters. The Hall–Kier alpha value is -1.72. The molecule has 106 valence electrons. The molecule has 0 spiro atoms. The lowest BCUT2D eigenvalue weighted by Crippen LogP contribution is -2.33. The molecule has 5 heteroatoms. The van der Waals surface area contributed by atoms with Crippen molar-refractivity contribution in [1.29, 1.82) is 0 Å². The molecule has 1 fully saturated rings. The first-order valence-electron chi connectivity index (χ1n) is 7.15. The van der Waals surface area contributed by atoms with Gasteiger partial charge in [0.25, 0.3) is 0 Å². The van der Waals surface area contributed by atoms with Crippen LogP contribution in [-0.2, 0) is 13.2 Å². The molecule has 0 amide bonds. The Kier molecular flexibility index (Phi) is 4.08. The summed E-state index contributed by atoms with van der Waals surface area (Å²) < 4.78 is 0. The molecule has 3 rings (SSSR count). The number of nitrogens with one attached hydrogen (secondary N) is 1. The first kappa shape index (κ1) is 13.3. The van der Waals surface area contributed by atoms with Crippen LogP contribution in [0.4, 0.5) is 0 Å². The zero-order valence-corrected chi connectivity index (χ0v) is 11.5. The summed E-state index contributed by atoms with van der Waals surface area (Å²) in [6, 6.07) is 8.50. The largest absolute Gasteiger partial charge is 0.392 e. The summed E-state index contributed by atoms with van der Waals surface area (Å²) in [5.74, 6) is 0.969. The number of H-pyrrole nitrogens is 1. The van der Waals surface area contributed by atoms with E-state index in [1.807, 2.05) is 12.1 Å². The maximum atomic E-state index is 9.09. The van der Waals surface area contributed by atoms with Crippen LogP contribution in [0, 0.1) is 0 Å². The number of aliphatic hydroxyl groups excluding tert-OH is 1. The van der Waals surface area contributed by atoms with Gasteiger partial charge < -0.3 is 5.11 Å². The maximum absolute atomic E-state index is 9.09. The van der Waals surface area contributed by atoms with E-state index in [-0.39, 0.29) is 6.61 Å². The minimum Gasteiger partial charge on any atom is -0.392 e. The van der Waals surface area contributed by atoms with Crippen molar-refractivity contribution in [3.8, 4) is 0 Å². The van der Waals surface area contributed by atoms with Crippen molar-refractivity contribution in [1.82, 2.24) is 20.1 Å². The normalized spacial score (nSPS) is 20.1. The molecule has 1 saturated heterocycles. The van der Waals surface area contributed by atoms with Gasteiger partial charge in [0, 0.05) is 6.54 Å². The van der Waals surface area contributed by atoms with Crippen LogP contribution in [0.5, 0.6) is 0 Å². The third kappa shape index (κ3) is 2.89. The first-order chi connectivity index (χ1) is 9.86. The summed E-state index contributed by atoms with van der Waals surface area (Å²) in [6.07, 6.45) is 5.19. The van der Waals surface area contributed by atoms with Crippen LogP contribution in [0.25, 0.3) is 0 Å². The second kappa shape index (κ2) is 6.15. The minimum atomic E-state index is 0.102. The Balaban J connectivity index is 1.73. The van der Waals surface area contributed by atoms with Gasteiger partial charge in [-0.25, -0.2) is 4.98 Å². The molecule has 1 aliphatic rings. The predicted molar refractivity (Wildman–Crippen MR) is 75.7 cm³/mol. The van der Waals surface area contributed by atoms with Gasteiger partial charge in [-0.15, -0.1) is 0 Å². The lowest BCUT2D eigenvalue weighted by molar-refractivity contribution is 0.134. The quantitative estimate of drug-likeness (QED) is 0.893. The van der Waals surface area contributed by atoms with Gasteiger partial charge in [-0.2, -0.15) is 5.10 Å². The molecular formula is C15H20N4O. The lowest BCUT2D eigenvalue weighted by atomic mass is 10.0. The summed E-state index contributed by atoms with van der Waals surface area (Å²) in [7, 11) is 0. The number of piperidine rings is 1. The van der Waals surface area contributed by atoms with Crippen molar-refractivity contribution in [3.05, 3.63) is 47.5 Å². The smallest absolute Gasteiger partial charge is 0.141 e. The van der Waals surface area contributed by atoms with Gasteiger partial charge in [0.1, 0.15) is 12.2 Å². The molecule has 0 radical (unpaired) electrons. The average molecular weight is 272 g/mol. The van der Waals surface area contributed by atoms with Crippen LogP contribution in [0.3, 0.4) is 0 Å². The number of aliphatic hydroxyl groups is 1. The van der Waals surface area contributed by atoms with Gasteiger partial charge in [0.2, 0.25) is 0 Å². The zero-order valence-electron chi connectivity index (χ0n) is 11.5. The Morgan fingerprint density at radius 3 is 2.70 bits per heavy atom. The van der Waals surface area contributed by atoms with Crippen molar-refractivity contribution in [3.63, 3.8) is 0 Å². The number of likely N-dealkylation sites (tertiary alicyclic amines) is 1. The van der Waals surface area contributed by atoms with Crippen LogP contribution in [-0.4, -0.2) is 31.7 Å². The number of hydrogen-bond donors (Lipinski definition) is 2. The molecule has 1 aromatic carbocycles. The van der Waals surface area contributed by atoms with Gasteiger partial charge in [-0.1, -0.05) is 30.7 Å². The van der Waals surface area contributed by atoms with Gasteiger partial charge in [0.15, 0.2) is 0 Å². The molecule has 2 N–H and O–H groups in total. The standard InChI is InChI=1S/C15H20N4O/c20-10-13-6-4-12(5-7-13)9-19-8-2-1-3-14(19)15-16-11-17-18-15/h4-7,11,14,20H,1-3,8-10H2,(H,16,17,18)/t14-/m0/s1. The number of nitrogens with zero attached hydrogens (tertiary/aromatic N) is 3. The highest BCUT2D eigenvalue weighted by molar-refractivity contribution is 5.22. The third-order valence-corrected chi connectivity index (χ3v) is 3.95. The first-order valence-corrected chi connectivity index (χ1v) is 7.15. The molecule has 5 nitrogen and oxygen atoms in total. The van der Waals surface area contributed by atoms with E-state index in [0.717, 1.165) is 30.9 Å². The fraction of sp³-hybridized carbons (Fsp3) is 0.467. The van der Waals surface area contributed by atoms with Crippen LogP contribution >= 0.6 is 0 Å². The summed E-state index contributed by atoms with van der Waals surface area (Å²) in [6.45, 7) is 2.11. The number of hydrogen-bond acceptors (Lipinski definition) is 4. The molecule has 0 bridgehead atoms. The molecule has 1 aromatic heterocycles. The second-order valence-electron chi connectivity index (χ2n) is 5.33. The molecule has 20 heavy (non-hydrogen) atoms. The second-order valence-corrected chi connectivity index (χ2v) is 5.33. The number of rotatable bonds is 4. The van der Waals surface area contributed by atoms with Gasteiger partial charge in [-0.05, 0) is 30.5 Å². The molecular weight excluding hydrogens is 252 g/mol. The lowest BCUT2D eigenvalue weighted by Gasteiger charge is -2.34. The molecule has 2 heterocycles. The summed E-state index contributed by atoms with van der Waals surface area (Å²) in [4.78, 5) is 6.77. The number of aromatic nitrogens is 3. The number of aromatic amines is 1. The van der Waals surface area contributed by atoms with E-state index in [2.05, 4.69) is 32.2 Å². The Morgan fingerprint density at radius 2 is 2.00 bits per heavy atom. The van der Waals surface area contributed by atoms with E-state index < -0.39 is 0 Å². The van der Waals surface area contributed by atoms with Gasteiger partial charge in [0.05, 0.1) is 12.6 Å². The summed E-state index contributed by atoms with van der Waals surface area (Å²) in [5.41, 5.74) is 2.23. The predicted octanol–water partition coefficient (Wildman–Crippen LogP) is 2.02. The van der Waals surface area contributed by atoms with Crippen molar-refractivity contribution in [2.75, 3.05) is 6.54 Å². The van der Waals surface area contributed by atoms with E-state index in [1.54, 1.807) is 6.33 Å². The van der Waals surface area contributed by atoms with Crippen molar-refractivity contribution >= 4 is 0 Å². The molecule has 0 saturated carbocycles. The van der Waals surface area contributed by atoms with Crippen LogP contribution in [0.1, 0.15) is 42.3 Å². The molecule has 1 aliphatic heterocycles. The maximum Gasteiger partial charge on any atom is 0.141 e. The van der Waals surface area contributed by atoms with Gasteiger partial charge in [-0.3, -0.25) is 10.00 Å². The van der Waals surface area contributed by atoms with E-state index in [4.69, 9.17) is 5.11 Å².